The molecule has 0 aliphatic rings. The van der Waals surface area contributed by atoms with E-state index in [0.717, 1.165) is 5.56 Å². The number of amides is 2. The molecule has 0 aliphatic carbocycles. The normalized spacial score (nSPS) is 13.4. The van der Waals surface area contributed by atoms with Crippen molar-refractivity contribution in [2.24, 2.45) is 5.92 Å². The van der Waals surface area contributed by atoms with Crippen LogP contribution < -0.4 is 5.32 Å². The van der Waals surface area contributed by atoms with Crippen LogP contribution in [0.3, 0.4) is 0 Å². The van der Waals surface area contributed by atoms with Crippen molar-refractivity contribution in [2.75, 3.05) is 14.2 Å². The number of carbonyl (C=O) groups excluding carboxylic acids is 3. The van der Waals surface area contributed by atoms with Gasteiger partial charge in [0.25, 0.3) is 0 Å². The van der Waals surface area contributed by atoms with Gasteiger partial charge in [0, 0.05) is 13.5 Å². The van der Waals surface area contributed by atoms with E-state index in [0.29, 0.717) is 12.8 Å². The third-order valence-corrected chi connectivity index (χ3v) is 4.26. The van der Waals surface area contributed by atoms with Crippen LogP contribution in [-0.4, -0.2) is 54.7 Å². The lowest BCUT2D eigenvalue weighted by atomic mass is 10.0. The maximum absolute atomic E-state index is 13.2. The lowest BCUT2D eigenvalue weighted by molar-refractivity contribution is -0.152. The van der Waals surface area contributed by atoms with E-state index < -0.39 is 29.7 Å². The Labute approximate surface area is 173 Å². The largest absolute Gasteiger partial charge is 0.467 e. The van der Waals surface area contributed by atoms with Crippen LogP contribution >= 0.6 is 0 Å². The number of likely N-dealkylation sites (N-methyl/N-ethyl adjacent to an activating group) is 1. The number of nitrogens with zero attached hydrogens (tertiary/aromatic N) is 1. The molecular formula is C22H34N2O5. The Morgan fingerprint density at radius 3 is 2.17 bits per heavy atom. The lowest BCUT2D eigenvalue weighted by Crippen LogP contribution is -2.54. The van der Waals surface area contributed by atoms with Crippen LogP contribution in [0.5, 0.6) is 0 Å². The summed E-state index contributed by atoms with van der Waals surface area (Å²) in [5.74, 6) is -0.723. The molecule has 0 saturated heterocycles. The molecule has 7 nitrogen and oxygen atoms in total. The highest BCUT2D eigenvalue weighted by Crippen LogP contribution is 2.15. The minimum absolute atomic E-state index is 0.151. The molecular weight excluding hydrogens is 372 g/mol. The van der Waals surface area contributed by atoms with Gasteiger partial charge in [0.2, 0.25) is 5.91 Å². The van der Waals surface area contributed by atoms with E-state index in [4.69, 9.17) is 9.47 Å². The fourth-order valence-electron chi connectivity index (χ4n) is 2.89. The Kier molecular flexibility index (Phi) is 9.14. The third-order valence-electron chi connectivity index (χ3n) is 4.26. The minimum Gasteiger partial charge on any atom is -0.467 e. The highest BCUT2D eigenvalue weighted by molar-refractivity contribution is 5.89. The molecule has 2 amide bonds. The number of hydrogen-bond donors (Lipinski definition) is 1. The molecule has 2 atom stereocenters. The summed E-state index contributed by atoms with van der Waals surface area (Å²) in [6.07, 6.45) is 0.0701. The van der Waals surface area contributed by atoms with E-state index in [1.807, 2.05) is 44.2 Å². The van der Waals surface area contributed by atoms with Crippen LogP contribution in [0.1, 0.15) is 46.6 Å². The number of esters is 1. The highest BCUT2D eigenvalue weighted by Gasteiger charge is 2.34. The fraction of sp³-hybridized carbons (Fsp3) is 0.591. The van der Waals surface area contributed by atoms with Crippen LogP contribution in [-0.2, 0) is 25.5 Å². The van der Waals surface area contributed by atoms with Gasteiger partial charge < -0.3 is 19.7 Å². The van der Waals surface area contributed by atoms with Crippen molar-refractivity contribution < 1.29 is 23.9 Å². The molecule has 0 aromatic heterocycles. The average Bonchev–Trinajstić information content (AvgIpc) is 2.62. The van der Waals surface area contributed by atoms with Gasteiger partial charge in [0.05, 0.1) is 7.11 Å². The molecule has 1 aromatic rings. The SMILES string of the molecule is COC(=O)[C@H](Cc1ccccc1)N(C)C(=O)[C@@H](CC(C)C)NC(=O)OC(C)(C)C. The molecule has 162 valence electrons. The van der Waals surface area contributed by atoms with Gasteiger partial charge >= 0.3 is 12.1 Å². The number of benzene rings is 1. The Balaban J connectivity index is 3.02. The Morgan fingerprint density at radius 1 is 1.10 bits per heavy atom. The summed E-state index contributed by atoms with van der Waals surface area (Å²) in [7, 11) is 2.85. The van der Waals surface area contributed by atoms with Gasteiger partial charge in [0.15, 0.2) is 0 Å². The van der Waals surface area contributed by atoms with Crippen molar-refractivity contribution in [3.8, 4) is 0 Å². The van der Waals surface area contributed by atoms with Gasteiger partial charge in [-0.05, 0) is 38.7 Å². The van der Waals surface area contributed by atoms with Crippen molar-refractivity contribution in [3.63, 3.8) is 0 Å². The first kappa shape index (κ1) is 24.5. The first-order valence-corrected chi connectivity index (χ1v) is 9.82. The topological polar surface area (TPSA) is 84.9 Å². The molecule has 0 spiro atoms. The smallest absolute Gasteiger partial charge is 0.408 e. The van der Waals surface area contributed by atoms with Gasteiger partial charge in [0.1, 0.15) is 17.7 Å². The maximum atomic E-state index is 13.2. The molecule has 0 aliphatic heterocycles. The molecule has 0 saturated carbocycles. The third kappa shape index (κ3) is 8.54. The van der Waals surface area contributed by atoms with Crippen molar-refractivity contribution >= 4 is 18.0 Å². The van der Waals surface area contributed by atoms with Crippen LogP contribution in [0.25, 0.3) is 0 Å². The van der Waals surface area contributed by atoms with Crippen molar-refractivity contribution in [1.82, 2.24) is 10.2 Å². The Morgan fingerprint density at radius 2 is 1.69 bits per heavy atom. The molecule has 0 fully saturated rings. The first-order valence-electron chi connectivity index (χ1n) is 9.82. The highest BCUT2D eigenvalue weighted by atomic mass is 16.6. The van der Waals surface area contributed by atoms with Crippen molar-refractivity contribution in [2.45, 2.75) is 65.1 Å². The molecule has 0 radical (unpaired) electrons. The maximum Gasteiger partial charge on any atom is 0.408 e. The number of carbonyl (C=O) groups is 3. The van der Waals surface area contributed by atoms with Crippen LogP contribution in [0, 0.1) is 5.92 Å². The molecule has 0 heterocycles. The van der Waals surface area contributed by atoms with Crippen LogP contribution in [0.15, 0.2) is 30.3 Å². The first-order chi connectivity index (χ1) is 13.4. The number of rotatable bonds is 8. The molecule has 1 aromatic carbocycles. The van der Waals surface area contributed by atoms with Gasteiger partial charge in [-0.25, -0.2) is 9.59 Å². The second kappa shape index (κ2) is 10.8. The number of ether oxygens (including phenoxy) is 2. The summed E-state index contributed by atoms with van der Waals surface area (Å²) in [6.45, 7) is 9.18. The zero-order chi connectivity index (χ0) is 22.2. The number of alkyl carbamates (subject to hydrolysis) is 1. The molecule has 1 N–H and O–H groups in total. The summed E-state index contributed by atoms with van der Waals surface area (Å²) < 4.78 is 10.2. The van der Waals surface area contributed by atoms with Crippen molar-refractivity contribution in [1.29, 1.82) is 0 Å². The zero-order valence-electron chi connectivity index (χ0n) is 18.5. The molecule has 29 heavy (non-hydrogen) atoms. The lowest BCUT2D eigenvalue weighted by Gasteiger charge is -2.31. The van der Waals surface area contributed by atoms with E-state index >= 15 is 0 Å². The van der Waals surface area contributed by atoms with Crippen LogP contribution in [0.4, 0.5) is 4.79 Å². The molecule has 7 heteroatoms. The van der Waals surface area contributed by atoms with Crippen molar-refractivity contribution in [3.05, 3.63) is 35.9 Å². The second-order valence-corrected chi connectivity index (χ2v) is 8.51. The number of hydrogen-bond acceptors (Lipinski definition) is 5. The summed E-state index contributed by atoms with van der Waals surface area (Å²) in [4.78, 5) is 39.2. The zero-order valence-corrected chi connectivity index (χ0v) is 18.5. The van der Waals surface area contributed by atoms with E-state index in [-0.39, 0.29) is 11.8 Å². The number of methoxy groups -OCH3 is 1. The van der Waals surface area contributed by atoms with Gasteiger partial charge in [-0.1, -0.05) is 44.2 Å². The average molecular weight is 407 g/mol. The predicted molar refractivity (Wildman–Crippen MR) is 111 cm³/mol. The second-order valence-electron chi connectivity index (χ2n) is 8.51. The Hall–Kier alpha value is -2.57. The predicted octanol–water partition coefficient (Wildman–Crippen LogP) is 3.17. The minimum atomic E-state index is -0.808. The monoisotopic (exact) mass is 406 g/mol. The van der Waals surface area contributed by atoms with Gasteiger partial charge in [-0.2, -0.15) is 0 Å². The van der Waals surface area contributed by atoms with E-state index in [1.54, 1.807) is 27.8 Å². The summed E-state index contributed by atoms with van der Waals surface area (Å²) in [6, 6.07) is 7.80. The summed E-state index contributed by atoms with van der Waals surface area (Å²) >= 11 is 0. The van der Waals surface area contributed by atoms with Gasteiger partial charge in [-0.15, -0.1) is 0 Å². The van der Waals surface area contributed by atoms with E-state index in [1.165, 1.54) is 12.0 Å². The van der Waals surface area contributed by atoms with E-state index in [2.05, 4.69) is 5.32 Å². The summed E-state index contributed by atoms with van der Waals surface area (Å²) in [5.41, 5.74) is 0.228. The molecule has 1 rings (SSSR count). The van der Waals surface area contributed by atoms with E-state index in [9.17, 15) is 14.4 Å². The van der Waals surface area contributed by atoms with Crippen LogP contribution in [0.2, 0.25) is 0 Å². The number of nitrogens with one attached hydrogen (secondary N) is 1. The molecule has 0 bridgehead atoms. The summed E-state index contributed by atoms with van der Waals surface area (Å²) in [5, 5.41) is 2.66. The van der Waals surface area contributed by atoms with Gasteiger partial charge in [-0.3, -0.25) is 4.79 Å². The standard InChI is InChI=1S/C22H34N2O5/c1-15(2)13-17(23-21(27)29-22(3,4)5)19(25)24(6)18(20(26)28-7)14-16-11-9-8-10-12-16/h8-12,15,17-18H,13-14H2,1-7H3,(H,23,27)/t17-,18+/m1/s1. The quantitative estimate of drug-likeness (QED) is 0.670. The fourth-order valence-corrected chi connectivity index (χ4v) is 2.89. The molecule has 0 unspecified atom stereocenters. The Bertz CT molecular complexity index is 682.